The molecule has 6 heteroatoms. The molecule has 5 aromatic rings. The third kappa shape index (κ3) is 3.83. The number of rotatable bonds is 4. The van der Waals surface area contributed by atoms with Crippen LogP contribution in [0.15, 0.2) is 77.5 Å². The summed E-state index contributed by atoms with van der Waals surface area (Å²) in [6.45, 7) is 9.28. The molecule has 3 aromatic heterocycles. The normalized spacial score (nSPS) is 12.1. The van der Waals surface area contributed by atoms with Gasteiger partial charge in [-0.2, -0.15) is 22.9 Å². The number of pyridine rings is 2. The van der Waals surface area contributed by atoms with E-state index in [9.17, 15) is 0 Å². The largest absolute Gasteiger partial charge is 2.00 e. The Morgan fingerprint density at radius 2 is 1.06 bits per heavy atom. The summed E-state index contributed by atoms with van der Waals surface area (Å²) in [6, 6.07) is 28.2. The zero-order chi connectivity index (χ0) is 21.6. The summed E-state index contributed by atoms with van der Waals surface area (Å²) >= 11 is 0. The van der Waals surface area contributed by atoms with Crippen LogP contribution in [0.4, 0.5) is 0 Å². The summed E-state index contributed by atoms with van der Waals surface area (Å²) in [5.41, 5.74) is 1.71. The Kier molecular flexibility index (Phi) is 6.10. The number of aromatic nitrogens is 2. The first-order chi connectivity index (χ1) is 14.9. The Morgan fingerprint density at radius 3 is 1.44 bits per heavy atom. The van der Waals surface area contributed by atoms with Crippen molar-refractivity contribution in [2.24, 2.45) is 0 Å². The number of hydrogen-bond donors (Lipinski definition) is 0. The minimum absolute atomic E-state index is 0. The first kappa shape index (κ1) is 22.8. The maximum Gasteiger partial charge on any atom is 2.00 e. The number of fused-ring (bicyclic) bond motifs is 3. The second-order valence-corrected chi connectivity index (χ2v) is 17.6. The average molecular weight is 632 g/mol. The maximum atomic E-state index is 6.14. The van der Waals surface area contributed by atoms with Crippen molar-refractivity contribution in [2.75, 3.05) is 0 Å². The van der Waals surface area contributed by atoms with Gasteiger partial charge in [0.15, 0.2) is 0 Å². The predicted molar refractivity (Wildman–Crippen MR) is 133 cm³/mol. The summed E-state index contributed by atoms with van der Waals surface area (Å²) in [6.07, 6.45) is 3.75. The first-order valence-electron chi connectivity index (χ1n) is 10.5. The van der Waals surface area contributed by atoms with E-state index in [2.05, 4.69) is 96.8 Å². The van der Waals surface area contributed by atoms with E-state index in [1.165, 1.54) is 10.4 Å². The Bertz CT molecular complexity index is 1280. The average Bonchev–Trinajstić information content (AvgIpc) is 3.17. The fraction of sp³-hybridized carbons (Fsp3) is 0.154. The van der Waals surface area contributed by atoms with Crippen LogP contribution in [0.2, 0.25) is 26.2 Å². The summed E-state index contributed by atoms with van der Waals surface area (Å²) in [5.74, 6) is 0. The molecule has 0 N–H and O–H groups in total. The van der Waals surface area contributed by atoms with Gasteiger partial charge in [-0.15, -0.1) is 34.6 Å². The molecule has 0 fully saturated rings. The molecule has 0 aliphatic rings. The number of nitrogens with zero attached hydrogens (tertiary/aromatic N) is 2. The van der Waals surface area contributed by atoms with Crippen LogP contribution in [0.3, 0.4) is 0 Å². The quantitative estimate of drug-likeness (QED) is 0.225. The van der Waals surface area contributed by atoms with Crippen molar-refractivity contribution >= 4 is 59.1 Å². The van der Waals surface area contributed by atoms with E-state index in [0.717, 1.165) is 32.6 Å². The molecule has 0 atom stereocenters. The van der Waals surface area contributed by atoms with Crippen molar-refractivity contribution in [3.8, 4) is 0 Å². The van der Waals surface area contributed by atoms with Gasteiger partial charge in [-0.25, -0.2) is 0 Å². The number of benzene rings is 2. The summed E-state index contributed by atoms with van der Waals surface area (Å²) in [5, 5.41) is 6.79. The molecule has 0 aliphatic heterocycles. The van der Waals surface area contributed by atoms with Crippen LogP contribution in [0.1, 0.15) is 0 Å². The Labute approximate surface area is 205 Å². The van der Waals surface area contributed by atoms with E-state index in [1.54, 1.807) is 0 Å². The molecule has 0 saturated heterocycles. The van der Waals surface area contributed by atoms with Crippen LogP contribution in [0, 0.1) is 12.1 Å². The Hall–Kier alpha value is -2.34. The van der Waals surface area contributed by atoms with Crippen LogP contribution in [0.25, 0.3) is 21.9 Å². The standard InChI is InChI=1S/C26H24N2OSi2.Pt/c1-30(2,25-9-5-7-15-27-25)19-11-13-23-21(17-19)22-18-20(12-14-24(22)29-23)31(3,4)26-10-6-8-16-28-26;/h5-16H,1-4H3;/q-2;+2. The molecule has 0 amide bonds. The van der Waals surface area contributed by atoms with Gasteiger partial charge in [0, 0.05) is 23.0 Å². The topological polar surface area (TPSA) is 38.9 Å². The van der Waals surface area contributed by atoms with Gasteiger partial charge in [0.2, 0.25) is 0 Å². The molecule has 3 nitrogen and oxygen atoms in total. The molecule has 5 rings (SSSR count). The molecule has 0 spiro atoms. The second kappa shape index (κ2) is 8.54. The zero-order valence-corrected chi connectivity index (χ0v) is 22.8. The van der Waals surface area contributed by atoms with Crippen LogP contribution >= 0.6 is 0 Å². The molecule has 0 bridgehead atoms. The van der Waals surface area contributed by atoms with Crippen molar-refractivity contribution in [2.45, 2.75) is 26.2 Å². The third-order valence-electron chi connectivity index (χ3n) is 6.24. The molecule has 0 saturated carbocycles. The molecule has 0 aliphatic carbocycles. The van der Waals surface area contributed by atoms with Crippen molar-refractivity contribution < 1.29 is 25.5 Å². The molecular formula is C26H24N2OPtSi2. The van der Waals surface area contributed by atoms with Crippen LogP contribution in [-0.4, -0.2) is 26.1 Å². The van der Waals surface area contributed by atoms with Gasteiger partial charge in [0.05, 0.1) is 0 Å². The monoisotopic (exact) mass is 631 g/mol. The predicted octanol–water partition coefficient (Wildman–Crippen LogP) is 3.62. The first-order valence-corrected chi connectivity index (χ1v) is 16.5. The van der Waals surface area contributed by atoms with Gasteiger partial charge < -0.3 is 4.42 Å². The van der Waals surface area contributed by atoms with Gasteiger partial charge >= 0.3 is 21.1 Å². The van der Waals surface area contributed by atoms with E-state index in [0.29, 0.717) is 0 Å². The SMILES string of the molecule is C[Si](C)(c1[c-]c2c(cc1)oc1ccc([Si](C)(C)c3ccccn3)[c-]c12)c1ccccn1.[Pt+2]. The molecule has 3 heterocycles. The zero-order valence-electron chi connectivity index (χ0n) is 18.5. The fourth-order valence-corrected chi connectivity index (χ4v) is 8.34. The molecule has 32 heavy (non-hydrogen) atoms. The van der Waals surface area contributed by atoms with Gasteiger partial charge in [0.1, 0.15) is 16.1 Å². The Balaban J connectivity index is 0.00000245. The number of furan rings is 1. The summed E-state index contributed by atoms with van der Waals surface area (Å²) in [7, 11) is -3.92. The van der Waals surface area contributed by atoms with Crippen LogP contribution in [-0.2, 0) is 21.1 Å². The molecule has 0 unspecified atom stereocenters. The van der Waals surface area contributed by atoms with E-state index < -0.39 is 16.1 Å². The minimum atomic E-state index is -1.96. The fourth-order valence-electron chi connectivity index (χ4n) is 4.09. The van der Waals surface area contributed by atoms with E-state index in [1.807, 2.05) is 24.5 Å². The maximum absolute atomic E-state index is 6.14. The van der Waals surface area contributed by atoms with Gasteiger partial charge in [0.25, 0.3) is 0 Å². The van der Waals surface area contributed by atoms with Crippen molar-refractivity contribution in [1.29, 1.82) is 0 Å². The van der Waals surface area contributed by atoms with E-state index in [4.69, 9.17) is 4.42 Å². The molecule has 162 valence electrons. The van der Waals surface area contributed by atoms with Crippen molar-refractivity contribution in [3.63, 3.8) is 0 Å². The minimum Gasteiger partial charge on any atom is -0.564 e. The van der Waals surface area contributed by atoms with Crippen molar-refractivity contribution in [1.82, 2.24) is 9.97 Å². The third-order valence-corrected chi connectivity index (χ3v) is 12.7. The van der Waals surface area contributed by atoms with Crippen LogP contribution < -0.4 is 21.0 Å². The summed E-state index contributed by atoms with van der Waals surface area (Å²) in [4.78, 5) is 9.29. The van der Waals surface area contributed by atoms with Crippen molar-refractivity contribution in [3.05, 3.63) is 85.2 Å². The Morgan fingerprint density at radius 1 is 0.625 bits per heavy atom. The number of hydrogen-bond acceptors (Lipinski definition) is 3. The van der Waals surface area contributed by atoms with E-state index >= 15 is 0 Å². The molecule has 0 radical (unpaired) electrons. The van der Waals surface area contributed by atoms with Gasteiger partial charge in [-0.1, -0.05) is 38.3 Å². The molecular weight excluding hydrogens is 608 g/mol. The molecule has 2 aromatic carbocycles. The second-order valence-electron chi connectivity index (χ2n) is 9.00. The smallest absolute Gasteiger partial charge is 0.564 e. The van der Waals surface area contributed by atoms with Crippen LogP contribution in [0.5, 0.6) is 0 Å². The van der Waals surface area contributed by atoms with Gasteiger partial charge in [-0.05, 0) is 35.4 Å². The van der Waals surface area contributed by atoms with Gasteiger partial charge in [-0.3, -0.25) is 9.97 Å². The summed E-state index contributed by atoms with van der Waals surface area (Å²) < 4.78 is 6.14. The van der Waals surface area contributed by atoms with E-state index in [-0.39, 0.29) is 21.1 Å².